The third-order valence-corrected chi connectivity index (χ3v) is 3.54. The molecule has 2 heterocycles. The fourth-order valence-electron chi connectivity index (χ4n) is 2.25. The van der Waals surface area contributed by atoms with Crippen molar-refractivity contribution in [3.8, 4) is 0 Å². The van der Waals surface area contributed by atoms with E-state index in [0.29, 0.717) is 5.95 Å². The van der Waals surface area contributed by atoms with Crippen molar-refractivity contribution in [1.82, 2.24) is 9.97 Å². The van der Waals surface area contributed by atoms with Gasteiger partial charge in [0.25, 0.3) is 0 Å². The first-order valence-electron chi connectivity index (χ1n) is 7.07. The van der Waals surface area contributed by atoms with E-state index in [1.165, 1.54) is 0 Å². The van der Waals surface area contributed by atoms with Gasteiger partial charge in [0.1, 0.15) is 5.82 Å². The van der Waals surface area contributed by atoms with Crippen LogP contribution in [0.2, 0.25) is 0 Å². The summed E-state index contributed by atoms with van der Waals surface area (Å²) in [4.78, 5) is 11.2. The molecule has 1 aliphatic rings. The van der Waals surface area contributed by atoms with Gasteiger partial charge in [0.05, 0.1) is 5.60 Å². The van der Waals surface area contributed by atoms with E-state index in [2.05, 4.69) is 27.1 Å². The second-order valence-corrected chi connectivity index (χ2v) is 5.60. The molecule has 0 atom stereocenters. The summed E-state index contributed by atoms with van der Waals surface area (Å²) in [7, 11) is 0. The Morgan fingerprint density at radius 3 is 2.68 bits per heavy atom. The van der Waals surface area contributed by atoms with Gasteiger partial charge >= 0.3 is 0 Å². The molecule has 0 saturated carbocycles. The lowest BCUT2D eigenvalue weighted by molar-refractivity contribution is 0.0350. The number of aromatic nitrogens is 2. The third kappa shape index (κ3) is 3.80. The summed E-state index contributed by atoms with van der Waals surface area (Å²) in [6.07, 6.45) is 2.63. The van der Waals surface area contributed by atoms with Crippen LogP contribution in [-0.4, -0.2) is 40.3 Å². The van der Waals surface area contributed by atoms with E-state index in [-0.39, 0.29) is 0 Å². The highest BCUT2D eigenvalue weighted by molar-refractivity contribution is 5.45. The van der Waals surface area contributed by atoms with Crippen molar-refractivity contribution in [2.75, 3.05) is 29.9 Å². The van der Waals surface area contributed by atoms with E-state index < -0.39 is 5.60 Å². The van der Waals surface area contributed by atoms with Crippen molar-refractivity contribution >= 4 is 11.8 Å². The monoisotopic (exact) mass is 264 g/mol. The summed E-state index contributed by atoms with van der Waals surface area (Å²) >= 11 is 0. The standard InChI is InChI=1S/C14H24N4O/c1-4-7-15-13-16-11(2)10-12(17-13)18-8-5-14(3,19)6-9-18/h10,19H,4-9H2,1-3H3,(H,15,16,17). The Morgan fingerprint density at radius 2 is 2.05 bits per heavy atom. The Morgan fingerprint density at radius 1 is 1.37 bits per heavy atom. The number of nitrogens with zero attached hydrogens (tertiary/aromatic N) is 3. The van der Waals surface area contributed by atoms with Gasteiger partial charge in [0, 0.05) is 31.4 Å². The molecule has 0 bridgehead atoms. The molecule has 19 heavy (non-hydrogen) atoms. The third-order valence-electron chi connectivity index (χ3n) is 3.54. The zero-order chi connectivity index (χ0) is 13.9. The first kappa shape index (κ1) is 14.1. The number of hydrogen-bond acceptors (Lipinski definition) is 5. The molecule has 0 spiro atoms. The van der Waals surface area contributed by atoms with Gasteiger partial charge < -0.3 is 15.3 Å². The van der Waals surface area contributed by atoms with Crippen molar-refractivity contribution in [3.63, 3.8) is 0 Å². The topological polar surface area (TPSA) is 61.3 Å². The number of rotatable bonds is 4. The minimum atomic E-state index is -0.526. The van der Waals surface area contributed by atoms with E-state index in [9.17, 15) is 5.11 Å². The highest BCUT2D eigenvalue weighted by Gasteiger charge is 2.28. The molecule has 1 aromatic rings. The van der Waals surface area contributed by atoms with Crippen LogP contribution in [0.25, 0.3) is 0 Å². The van der Waals surface area contributed by atoms with Crippen LogP contribution >= 0.6 is 0 Å². The van der Waals surface area contributed by atoms with Crippen molar-refractivity contribution in [2.45, 2.75) is 45.6 Å². The van der Waals surface area contributed by atoms with Crippen LogP contribution in [0.5, 0.6) is 0 Å². The zero-order valence-electron chi connectivity index (χ0n) is 12.1. The van der Waals surface area contributed by atoms with Crippen LogP contribution in [0.4, 0.5) is 11.8 Å². The first-order valence-corrected chi connectivity index (χ1v) is 7.07. The van der Waals surface area contributed by atoms with Gasteiger partial charge in [0.15, 0.2) is 0 Å². The van der Waals surface area contributed by atoms with Crippen LogP contribution < -0.4 is 10.2 Å². The maximum atomic E-state index is 9.99. The van der Waals surface area contributed by atoms with Crippen LogP contribution in [0.1, 0.15) is 38.8 Å². The quantitative estimate of drug-likeness (QED) is 0.870. The number of hydrogen-bond donors (Lipinski definition) is 2. The average Bonchev–Trinajstić information content (AvgIpc) is 2.35. The second kappa shape index (κ2) is 5.74. The lowest BCUT2D eigenvalue weighted by atomic mass is 9.94. The fraction of sp³-hybridized carbons (Fsp3) is 0.714. The van der Waals surface area contributed by atoms with Crippen molar-refractivity contribution in [2.24, 2.45) is 0 Å². The maximum absolute atomic E-state index is 9.99. The Bertz CT molecular complexity index is 423. The van der Waals surface area contributed by atoms with Crippen LogP contribution in [0, 0.1) is 6.92 Å². The van der Waals surface area contributed by atoms with E-state index in [1.54, 1.807) is 0 Å². The molecule has 0 aromatic carbocycles. The highest BCUT2D eigenvalue weighted by atomic mass is 16.3. The fourth-order valence-corrected chi connectivity index (χ4v) is 2.25. The van der Waals surface area contributed by atoms with Gasteiger partial charge in [0.2, 0.25) is 5.95 Å². The molecule has 5 heteroatoms. The number of aliphatic hydroxyl groups is 1. The van der Waals surface area contributed by atoms with E-state index in [1.807, 2.05) is 19.9 Å². The largest absolute Gasteiger partial charge is 0.390 e. The Hall–Kier alpha value is -1.36. The molecule has 1 fully saturated rings. The van der Waals surface area contributed by atoms with Gasteiger partial charge in [-0.25, -0.2) is 4.98 Å². The summed E-state index contributed by atoms with van der Waals surface area (Å²) in [6, 6.07) is 2.01. The summed E-state index contributed by atoms with van der Waals surface area (Å²) in [6.45, 7) is 8.59. The molecule has 2 rings (SSSR count). The number of anilines is 2. The smallest absolute Gasteiger partial charge is 0.224 e. The van der Waals surface area contributed by atoms with E-state index >= 15 is 0 Å². The predicted molar refractivity (Wildman–Crippen MR) is 77.6 cm³/mol. The minimum Gasteiger partial charge on any atom is -0.390 e. The molecule has 1 aliphatic heterocycles. The first-order chi connectivity index (χ1) is 9.00. The summed E-state index contributed by atoms with van der Waals surface area (Å²) in [5.74, 6) is 1.66. The van der Waals surface area contributed by atoms with E-state index in [0.717, 1.165) is 50.4 Å². The molecule has 5 nitrogen and oxygen atoms in total. The van der Waals surface area contributed by atoms with Crippen LogP contribution in [-0.2, 0) is 0 Å². The van der Waals surface area contributed by atoms with E-state index in [4.69, 9.17) is 0 Å². The Labute approximate surface area is 115 Å². The summed E-state index contributed by atoms with van der Waals surface area (Å²) in [5, 5.41) is 13.2. The number of nitrogens with one attached hydrogen (secondary N) is 1. The van der Waals surface area contributed by atoms with Gasteiger partial charge in [-0.1, -0.05) is 6.92 Å². The Balaban J connectivity index is 2.09. The molecule has 0 amide bonds. The molecule has 2 N–H and O–H groups in total. The number of aryl methyl sites for hydroxylation is 1. The predicted octanol–water partition coefficient (Wildman–Crippen LogP) is 1.96. The minimum absolute atomic E-state index is 0.526. The summed E-state index contributed by atoms with van der Waals surface area (Å²) in [5.41, 5.74) is 0.447. The van der Waals surface area contributed by atoms with Gasteiger partial charge in [-0.3, -0.25) is 0 Å². The maximum Gasteiger partial charge on any atom is 0.224 e. The van der Waals surface area contributed by atoms with Gasteiger partial charge in [-0.15, -0.1) is 0 Å². The lowest BCUT2D eigenvalue weighted by Crippen LogP contribution is -2.42. The van der Waals surface area contributed by atoms with Crippen molar-refractivity contribution in [3.05, 3.63) is 11.8 Å². The normalized spacial score (nSPS) is 18.4. The van der Waals surface area contributed by atoms with Gasteiger partial charge in [-0.05, 0) is 33.1 Å². The molecular weight excluding hydrogens is 240 g/mol. The SMILES string of the molecule is CCCNc1nc(C)cc(N2CCC(C)(O)CC2)n1. The molecule has 0 unspecified atom stereocenters. The van der Waals surface area contributed by atoms with Gasteiger partial charge in [-0.2, -0.15) is 4.98 Å². The van der Waals surface area contributed by atoms with Crippen molar-refractivity contribution in [1.29, 1.82) is 0 Å². The lowest BCUT2D eigenvalue weighted by Gasteiger charge is -2.36. The van der Waals surface area contributed by atoms with Crippen molar-refractivity contribution < 1.29 is 5.11 Å². The second-order valence-electron chi connectivity index (χ2n) is 5.60. The van der Waals surface area contributed by atoms with Crippen LogP contribution in [0.15, 0.2) is 6.07 Å². The molecule has 1 saturated heterocycles. The summed E-state index contributed by atoms with van der Waals surface area (Å²) < 4.78 is 0. The highest BCUT2D eigenvalue weighted by Crippen LogP contribution is 2.25. The molecule has 0 radical (unpaired) electrons. The average molecular weight is 264 g/mol. The molecule has 106 valence electrons. The molecular formula is C14H24N4O. The Kier molecular flexibility index (Phi) is 4.24. The number of piperidine rings is 1. The molecule has 1 aromatic heterocycles. The van der Waals surface area contributed by atoms with Crippen LogP contribution in [0.3, 0.4) is 0 Å². The zero-order valence-corrected chi connectivity index (χ0v) is 12.1. The molecule has 0 aliphatic carbocycles.